The van der Waals surface area contributed by atoms with Crippen LogP contribution in [0.15, 0.2) is 4.99 Å². The Kier molecular flexibility index (Phi) is 10.6. The van der Waals surface area contributed by atoms with Crippen molar-refractivity contribution in [2.24, 2.45) is 16.8 Å². The van der Waals surface area contributed by atoms with E-state index in [4.69, 9.17) is 0 Å². The summed E-state index contributed by atoms with van der Waals surface area (Å²) in [6, 6.07) is 0. The summed E-state index contributed by atoms with van der Waals surface area (Å²) in [4.78, 5) is 18.8. The molecule has 1 aliphatic heterocycles. The molecular weight excluding hydrogens is 417 g/mol. The zero-order valence-electron chi connectivity index (χ0n) is 15.1. The molecule has 0 aromatic heterocycles. The molecule has 6 nitrogen and oxygen atoms in total. The van der Waals surface area contributed by atoms with E-state index in [9.17, 15) is 4.79 Å². The summed E-state index contributed by atoms with van der Waals surface area (Å²) in [5.41, 5.74) is 0. The number of halogens is 1. The van der Waals surface area contributed by atoms with Crippen molar-refractivity contribution in [2.75, 3.05) is 45.8 Å². The van der Waals surface area contributed by atoms with Crippen molar-refractivity contribution in [3.8, 4) is 0 Å². The van der Waals surface area contributed by atoms with Gasteiger partial charge in [0.1, 0.15) is 0 Å². The van der Waals surface area contributed by atoms with Gasteiger partial charge in [-0.05, 0) is 51.6 Å². The molecule has 0 spiro atoms. The lowest BCUT2D eigenvalue weighted by atomic mass is 10.2. The van der Waals surface area contributed by atoms with Crippen LogP contribution >= 0.6 is 24.0 Å². The fraction of sp³-hybridized carbons (Fsp3) is 0.882. The molecular formula is C17H34IN5O. The molecule has 0 aromatic carbocycles. The summed E-state index contributed by atoms with van der Waals surface area (Å²) in [5.74, 6) is 1.90. The Morgan fingerprint density at radius 1 is 1.17 bits per heavy atom. The predicted octanol–water partition coefficient (Wildman–Crippen LogP) is 1.42. The van der Waals surface area contributed by atoms with Gasteiger partial charge in [0.15, 0.2) is 5.96 Å². The van der Waals surface area contributed by atoms with Crippen LogP contribution in [0.1, 0.15) is 39.5 Å². The highest BCUT2D eigenvalue weighted by atomic mass is 127. The number of aliphatic imine (C=N–C) groups is 1. The highest BCUT2D eigenvalue weighted by molar-refractivity contribution is 14.0. The first-order valence-corrected chi connectivity index (χ1v) is 9.21. The Morgan fingerprint density at radius 2 is 1.83 bits per heavy atom. The fourth-order valence-electron chi connectivity index (χ4n) is 2.91. The number of rotatable bonds is 9. The molecule has 7 heteroatoms. The largest absolute Gasteiger partial charge is 0.357 e. The van der Waals surface area contributed by atoms with Gasteiger partial charge in [0.05, 0.1) is 0 Å². The van der Waals surface area contributed by atoms with E-state index >= 15 is 0 Å². The van der Waals surface area contributed by atoms with Crippen LogP contribution in [0.4, 0.5) is 0 Å². The zero-order chi connectivity index (χ0) is 16.5. The summed E-state index contributed by atoms with van der Waals surface area (Å²) < 4.78 is 0. The Hall–Kier alpha value is -0.570. The molecule has 0 aromatic rings. The first-order valence-electron chi connectivity index (χ1n) is 9.21. The monoisotopic (exact) mass is 451 g/mol. The van der Waals surface area contributed by atoms with Gasteiger partial charge in [-0.25, -0.2) is 0 Å². The van der Waals surface area contributed by atoms with E-state index in [-0.39, 0.29) is 35.8 Å². The minimum absolute atomic E-state index is 0. The van der Waals surface area contributed by atoms with Crippen molar-refractivity contribution in [1.29, 1.82) is 0 Å². The van der Waals surface area contributed by atoms with Crippen LogP contribution in [-0.4, -0.2) is 62.6 Å². The van der Waals surface area contributed by atoms with Gasteiger partial charge in [-0.15, -0.1) is 24.0 Å². The van der Waals surface area contributed by atoms with Gasteiger partial charge >= 0.3 is 0 Å². The first kappa shape index (κ1) is 21.5. The number of hydrogen-bond donors (Lipinski definition) is 3. The minimum atomic E-state index is 0. The van der Waals surface area contributed by atoms with Gasteiger partial charge in [0.25, 0.3) is 0 Å². The van der Waals surface area contributed by atoms with E-state index in [1.54, 1.807) is 0 Å². The lowest BCUT2D eigenvalue weighted by Crippen LogP contribution is -2.42. The number of carbonyl (C=O) groups is 1. The molecule has 1 saturated heterocycles. The lowest BCUT2D eigenvalue weighted by molar-refractivity contribution is -0.122. The number of carbonyl (C=O) groups excluding carboxylic acids is 1. The molecule has 3 N–H and O–H groups in total. The van der Waals surface area contributed by atoms with Crippen molar-refractivity contribution in [1.82, 2.24) is 20.9 Å². The third-order valence-electron chi connectivity index (χ3n) is 4.34. The van der Waals surface area contributed by atoms with Crippen molar-refractivity contribution in [3.63, 3.8) is 0 Å². The molecule has 140 valence electrons. The SMILES string of the molecule is CCNC(=NCC(C)CN1CCCC1)NCCNC(=O)C1CC1.I. The van der Waals surface area contributed by atoms with Crippen LogP contribution in [0, 0.1) is 11.8 Å². The smallest absolute Gasteiger partial charge is 0.223 e. The van der Waals surface area contributed by atoms with Gasteiger partial charge in [0, 0.05) is 38.6 Å². The Balaban J connectivity index is 0.00000288. The van der Waals surface area contributed by atoms with Gasteiger partial charge < -0.3 is 20.9 Å². The number of nitrogens with one attached hydrogen (secondary N) is 3. The topological polar surface area (TPSA) is 68.8 Å². The molecule has 1 unspecified atom stereocenters. The molecule has 2 fully saturated rings. The third-order valence-corrected chi connectivity index (χ3v) is 4.34. The first-order chi connectivity index (χ1) is 11.2. The third kappa shape index (κ3) is 8.50. The number of guanidine groups is 1. The van der Waals surface area contributed by atoms with E-state index in [0.29, 0.717) is 19.0 Å². The molecule has 1 amide bonds. The van der Waals surface area contributed by atoms with Crippen molar-refractivity contribution in [2.45, 2.75) is 39.5 Å². The normalized spacial score (nSPS) is 19.5. The number of likely N-dealkylation sites (tertiary alicyclic amines) is 1. The van der Waals surface area contributed by atoms with E-state index in [0.717, 1.165) is 38.4 Å². The molecule has 1 saturated carbocycles. The Bertz CT molecular complexity index is 394. The van der Waals surface area contributed by atoms with Crippen LogP contribution in [-0.2, 0) is 4.79 Å². The van der Waals surface area contributed by atoms with Crippen LogP contribution in [0.3, 0.4) is 0 Å². The molecule has 1 atom stereocenters. The van der Waals surface area contributed by atoms with Gasteiger partial charge in [0.2, 0.25) is 5.91 Å². The van der Waals surface area contributed by atoms with Gasteiger partial charge in [-0.1, -0.05) is 6.92 Å². The summed E-state index contributed by atoms with van der Waals surface area (Å²) in [6.45, 7) is 11.0. The molecule has 1 aliphatic carbocycles. The highest BCUT2D eigenvalue weighted by Gasteiger charge is 2.28. The second kappa shape index (κ2) is 11.9. The second-order valence-electron chi connectivity index (χ2n) is 6.82. The summed E-state index contributed by atoms with van der Waals surface area (Å²) in [7, 11) is 0. The molecule has 24 heavy (non-hydrogen) atoms. The van der Waals surface area contributed by atoms with Crippen LogP contribution in [0.2, 0.25) is 0 Å². The number of hydrogen-bond acceptors (Lipinski definition) is 3. The van der Waals surface area contributed by atoms with Crippen molar-refractivity contribution in [3.05, 3.63) is 0 Å². The highest BCUT2D eigenvalue weighted by Crippen LogP contribution is 2.28. The second-order valence-corrected chi connectivity index (χ2v) is 6.82. The number of nitrogens with zero attached hydrogens (tertiary/aromatic N) is 2. The lowest BCUT2D eigenvalue weighted by Gasteiger charge is -2.19. The maximum absolute atomic E-state index is 11.6. The molecule has 2 rings (SSSR count). The molecule has 2 aliphatic rings. The minimum Gasteiger partial charge on any atom is -0.357 e. The standard InChI is InChI=1S/C17H33N5O.HI/c1-3-18-17(20-9-8-19-16(23)15-6-7-15)21-12-14(2)13-22-10-4-5-11-22;/h14-15H,3-13H2,1-2H3,(H,19,23)(H2,18,20,21);1H. The number of amides is 1. The average Bonchev–Trinajstić information content (AvgIpc) is 3.27. The zero-order valence-corrected chi connectivity index (χ0v) is 17.5. The van der Waals surface area contributed by atoms with Crippen LogP contribution in [0.5, 0.6) is 0 Å². The van der Waals surface area contributed by atoms with Gasteiger partial charge in [-0.2, -0.15) is 0 Å². The molecule has 0 radical (unpaired) electrons. The summed E-state index contributed by atoms with van der Waals surface area (Å²) in [5, 5.41) is 9.53. The predicted molar refractivity (Wildman–Crippen MR) is 110 cm³/mol. The van der Waals surface area contributed by atoms with E-state index in [2.05, 4.69) is 39.7 Å². The van der Waals surface area contributed by atoms with Crippen LogP contribution < -0.4 is 16.0 Å². The fourth-order valence-corrected chi connectivity index (χ4v) is 2.91. The van der Waals surface area contributed by atoms with Crippen molar-refractivity contribution < 1.29 is 4.79 Å². The molecule has 1 heterocycles. The Labute approximate surface area is 163 Å². The van der Waals surface area contributed by atoms with E-state index < -0.39 is 0 Å². The van der Waals surface area contributed by atoms with E-state index in [1.165, 1.54) is 25.9 Å². The maximum Gasteiger partial charge on any atom is 0.223 e. The summed E-state index contributed by atoms with van der Waals surface area (Å²) >= 11 is 0. The van der Waals surface area contributed by atoms with Crippen LogP contribution in [0.25, 0.3) is 0 Å². The average molecular weight is 451 g/mol. The maximum atomic E-state index is 11.6. The van der Waals surface area contributed by atoms with Gasteiger partial charge in [-0.3, -0.25) is 9.79 Å². The Morgan fingerprint density at radius 3 is 2.46 bits per heavy atom. The van der Waals surface area contributed by atoms with Crippen molar-refractivity contribution >= 4 is 35.8 Å². The molecule has 0 bridgehead atoms. The summed E-state index contributed by atoms with van der Waals surface area (Å²) in [6.07, 6.45) is 4.79. The van der Waals surface area contributed by atoms with E-state index in [1.807, 2.05) is 0 Å². The quantitative estimate of drug-likeness (QED) is 0.215.